The van der Waals surface area contributed by atoms with Gasteiger partial charge in [-0.25, -0.2) is 4.68 Å². The molecular weight excluding hydrogens is 434 g/mol. The molecule has 1 saturated heterocycles. The number of carbonyl (C=O) groups is 2. The number of H-pyrrole nitrogens is 1. The van der Waals surface area contributed by atoms with Crippen LogP contribution in [0, 0.1) is 6.92 Å². The summed E-state index contributed by atoms with van der Waals surface area (Å²) in [5, 5.41) is 5.12. The molecule has 1 amide bonds. The smallest absolute Gasteiger partial charge is 0.254 e. The molecule has 3 heterocycles. The van der Waals surface area contributed by atoms with Gasteiger partial charge in [-0.05, 0) is 55.0 Å². The second kappa shape index (κ2) is 8.68. The summed E-state index contributed by atoms with van der Waals surface area (Å²) in [4.78, 5) is 31.0. The molecule has 1 fully saturated rings. The molecule has 0 unspecified atom stereocenters. The van der Waals surface area contributed by atoms with E-state index in [0.717, 1.165) is 27.9 Å². The molecule has 0 atom stereocenters. The Hall–Kier alpha value is -4.11. The van der Waals surface area contributed by atoms with Gasteiger partial charge in [0.25, 0.3) is 5.91 Å². The number of aromatic nitrogens is 3. The van der Waals surface area contributed by atoms with Crippen molar-refractivity contribution in [1.82, 2.24) is 19.7 Å². The van der Waals surface area contributed by atoms with Crippen LogP contribution in [0.3, 0.4) is 0 Å². The zero-order chi connectivity index (χ0) is 23.8. The molecule has 0 spiro atoms. The SMILES string of the molecule is COc1ccc(-n2ncc(C(=O)c3cc4cc(C(=O)N5CCOCC5)ccc4[nH]3)c2N)c(C)c1. The van der Waals surface area contributed by atoms with Crippen molar-refractivity contribution in [1.29, 1.82) is 0 Å². The van der Waals surface area contributed by atoms with Crippen molar-refractivity contribution in [3.63, 3.8) is 0 Å². The fourth-order valence-corrected chi connectivity index (χ4v) is 4.20. The number of nitrogens with one attached hydrogen (secondary N) is 1. The van der Waals surface area contributed by atoms with Gasteiger partial charge < -0.3 is 25.1 Å². The molecule has 9 heteroatoms. The van der Waals surface area contributed by atoms with Crippen LogP contribution in [0.1, 0.15) is 32.0 Å². The molecule has 1 aliphatic rings. The molecular formula is C25H25N5O4. The number of benzene rings is 2. The summed E-state index contributed by atoms with van der Waals surface area (Å²) in [5.41, 5.74) is 10.0. The van der Waals surface area contributed by atoms with Crippen LogP contribution in [-0.2, 0) is 4.74 Å². The molecule has 0 bridgehead atoms. The number of ketones is 1. The van der Waals surface area contributed by atoms with Crippen molar-refractivity contribution < 1.29 is 19.1 Å². The lowest BCUT2D eigenvalue weighted by Crippen LogP contribution is -2.40. The van der Waals surface area contributed by atoms with Gasteiger partial charge in [-0.1, -0.05) is 0 Å². The number of hydrogen-bond donors (Lipinski definition) is 2. The first-order valence-electron chi connectivity index (χ1n) is 11.0. The Bertz CT molecular complexity index is 1400. The van der Waals surface area contributed by atoms with E-state index in [0.29, 0.717) is 43.1 Å². The maximum absolute atomic E-state index is 13.3. The van der Waals surface area contributed by atoms with Crippen LogP contribution >= 0.6 is 0 Å². The van der Waals surface area contributed by atoms with Crippen LogP contribution < -0.4 is 10.5 Å². The number of amides is 1. The van der Waals surface area contributed by atoms with Crippen molar-refractivity contribution in [3.8, 4) is 11.4 Å². The number of anilines is 1. The predicted octanol–water partition coefficient (Wildman–Crippen LogP) is 2.96. The van der Waals surface area contributed by atoms with Gasteiger partial charge >= 0.3 is 0 Å². The van der Waals surface area contributed by atoms with Crippen LogP contribution in [0.25, 0.3) is 16.6 Å². The minimum absolute atomic E-state index is 0.0420. The first kappa shape index (κ1) is 21.7. The maximum atomic E-state index is 13.3. The molecule has 1 aliphatic heterocycles. The fraction of sp³-hybridized carbons (Fsp3) is 0.240. The third-order valence-corrected chi connectivity index (χ3v) is 6.09. The summed E-state index contributed by atoms with van der Waals surface area (Å²) in [6, 6.07) is 12.7. The van der Waals surface area contributed by atoms with Gasteiger partial charge in [0.05, 0.1) is 43.5 Å². The van der Waals surface area contributed by atoms with Crippen LogP contribution in [0.4, 0.5) is 5.82 Å². The van der Waals surface area contributed by atoms with Crippen LogP contribution in [0.5, 0.6) is 5.75 Å². The predicted molar refractivity (Wildman–Crippen MR) is 128 cm³/mol. The van der Waals surface area contributed by atoms with E-state index in [9.17, 15) is 9.59 Å². The van der Waals surface area contributed by atoms with E-state index in [1.165, 1.54) is 6.20 Å². The monoisotopic (exact) mass is 459 g/mol. The van der Waals surface area contributed by atoms with Crippen molar-refractivity contribution in [2.45, 2.75) is 6.92 Å². The van der Waals surface area contributed by atoms with Gasteiger partial charge in [0.2, 0.25) is 5.78 Å². The Morgan fingerprint density at radius 1 is 1.12 bits per heavy atom. The largest absolute Gasteiger partial charge is 0.497 e. The van der Waals surface area contributed by atoms with Crippen LogP contribution in [0.2, 0.25) is 0 Å². The van der Waals surface area contributed by atoms with Crippen molar-refractivity contribution >= 4 is 28.4 Å². The quantitative estimate of drug-likeness (QED) is 0.444. The third kappa shape index (κ3) is 3.80. The van der Waals surface area contributed by atoms with Gasteiger partial charge in [-0.3, -0.25) is 9.59 Å². The Morgan fingerprint density at radius 2 is 1.91 bits per heavy atom. The average molecular weight is 460 g/mol. The van der Waals surface area contributed by atoms with Crippen molar-refractivity contribution in [2.75, 3.05) is 39.1 Å². The fourth-order valence-electron chi connectivity index (χ4n) is 4.20. The van der Waals surface area contributed by atoms with E-state index in [1.54, 1.807) is 34.9 Å². The highest BCUT2D eigenvalue weighted by molar-refractivity contribution is 6.13. The molecule has 2 aromatic heterocycles. The van der Waals surface area contributed by atoms with E-state index in [2.05, 4.69) is 10.1 Å². The number of carbonyl (C=O) groups excluding carboxylic acids is 2. The summed E-state index contributed by atoms with van der Waals surface area (Å²) < 4.78 is 12.1. The maximum Gasteiger partial charge on any atom is 0.254 e. The number of morpholine rings is 1. The van der Waals surface area contributed by atoms with Crippen molar-refractivity contribution in [2.24, 2.45) is 0 Å². The van der Waals surface area contributed by atoms with E-state index in [1.807, 2.05) is 31.2 Å². The highest BCUT2D eigenvalue weighted by atomic mass is 16.5. The van der Waals surface area contributed by atoms with Gasteiger partial charge in [0, 0.05) is 29.6 Å². The van der Waals surface area contributed by atoms with Crippen molar-refractivity contribution in [3.05, 3.63) is 71.0 Å². The molecule has 174 valence electrons. The minimum Gasteiger partial charge on any atom is -0.497 e. The summed E-state index contributed by atoms with van der Waals surface area (Å²) in [7, 11) is 1.61. The number of fused-ring (bicyclic) bond motifs is 1. The first-order valence-corrected chi connectivity index (χ1v) is 11.0. The Kier molecular flexibility index (Phi) is 5.54. The average Bonchev–Trinajstić information content (AvgIpc) is 3.46. The zero-order valence-electron chi connectivity index (χ0n) is 19.0. The lowest BCUT2D eigenvalue weighted by Gasteiger charge is -2.26. The molecule has 9 nitrogen and oxygen atoms in total. The van der Waals surface area contributed by atoms with Crippen LogP contribution in [0.15, 0.2) is 48.7 Å². The van der Waals surface area contributed by atoms with E-state index in [4.69, 9.17) is 15.2 Å². The number of aromatic amines is 1. The summed E-state index contributed by atoms with van der Waals surface area (Å²) in [5.74, 6) is 0.666. The normalized spacial score (nSPS) is 13.9. The first-order chi connectivity index (χ1) is 16.5. The van der Waals surface area contributed by atoms with Gasteiger partial charge in [-0.15, -0.1) is 0 Å². The molecule has 3 N–H and O–H groups in total. The number of rotatable bonds is 5. The zero-order valence-corrected chi connectivity index (χ0v) is 19.0. The number of nitrogens with zero attached hydrogens (tertiary/aromatic N) is 3. The van der Waals surface area contributed by atoms with E-state index < -0.39 is 0 Å². The van der Waals surface area contributed by atoms with Gasteiger partial charge in [0.1, 0.15) is 11.6 Å². The second-order valence-electron chi connectivity index (χ2n) is 8.23. The number of ether oxygens (including phenoxy) is 2. The number of nitrogen functional groups attached to an aromatic ring is 1. The summed E-state index contributed by atoms with van der Waals surface area (Å²) >= 11 is 0. The Morgan fingerprint density at radius 3 is 2.65 bits per heavy atom. The number of methoxy groups -OCH3 is 1. The standard InChI is InChI=1S/C25H25N5O4/c1-15-11-18(33-2)4-6-22(15)30-24(26)19(14-27-30)23(31)21-13-17-12-16(3-5-20(17)28-21)25(32)29-7-9-34-10-8-29/h3-6,11-14,28H,7-10,26H2,1-2H3. The summed E-state index contributed by atoms with van der Waals surface area (Å²) in [6.07, 6.45) is 1.47. The number of nitrogens with two attached hydrogens (primary N) is 1. The molecule has 5 rings (SSSR count). The van der Waals surface area contributed by atoms with Gasteiger partial charge in [0.15, 0.2) is 0 Å². The molecule has 0 saturated carbocycles. The van der Waals surface area contributed by atoms with E-state index in [-0.39, 0.29) is 17.5 Å². The minimum atomic E-state index is -0.271. The second-order valence-corrected chi connectivity index (χ2v) is 8.23. The number of hydrogen-bond acceptors (Lipinski definition) is 6. The molecule has 2 aromatic carbocycles. The topological polar surface area (TPSA) is 115 Å². The van der Waals surface area contributed by atoms with Crippen LogP contribution in [-0.4, -0.2) is 64.8 Å². The van der Waals surface area contributed by atoms with Gasteiger partial charge in [-0.2, -0.15) is 5.10 Å². The lowest BCUT2D eigenvalue weighted by atomic mass is 10.1. The number of aryl methyl sites for hydroxylation is 1. The lowest BCUT2D eigenvalue weighted by molar-refractivity contribution is 0.0303. The van der Waals surface area contributed by atoms with E-state index >= 15 is 0 Å². The molecule has 4 aromatic rings. The Labute approximate surface area is 196 Å². The molecule has 0 aliphatic carbocycles. The third-order valence-electron chi connectivity index (χ3n) is 6.09. The molecule has 0 radical (unpaired) electrons. The highest BCUT2D eigenvalue weighted by Crippen LogP contribution is 2.26. The molecule has 34 heavy (non-hydrogen) atoms. The Balaban J connectivity index is 1.43. The summed E-state index contributed by atoms with van der Waals surface area (Å²) in [6.45, 7) is 4.16. The highest BCUT2D eigenvalue weighted by Gasteiger charge is 2.22.